The van der Waals surface area contributed by atoms with Gasteiger partial charge in [0.15, 0.2) is 0 Å². The quantitative estimate of drug-likeness (QED) is 0.752. The minimum Gasteiger partial charge on any atom is -0.371 e. The summed E-state index contributed by atoms with van der Waals surface area (Å²) in [6.45, 7) is -0.254. The molecule has 2 unspecified atom stereocenters. The minimum atomic E-state index is -4.41. The summed E-state index contributed by atoms with van der Waals surface area (Å²) in [6.07, 6.45) is -1.11. The molecule has 0 N–H and O–H groups in total. The maximum absolute atomic E-state index is 12.7. The van der Waals surface area contributed by atoms with Crippen molar-refractivity contribution in [2.45, 2.75) is 37.8 Å². The van der Waals surface area contributed by atoms with E-state index in [9.17, 15) is 18.0 Å². The third kappa shape index (κ3) is 3.24. The summed E-state index contributed by atoms with van der Waals surface area (Å²) in [4.78, 5) is 18.5. The molecule has 2 fully saturated rings. The van der Waals surface area contributed by atoms with E-state index in [1.54, 1.807) is 4.90 Å². The highest BCUT2D eigenvalue weighted by Gasteiger charge is 2.36. The third-order valence-electron chi connectivity index (χ3n) is 4.47. The second kappa shape index (κ2) is 5.94. The van der Waals surface area contributed by atoms with Crippen LogP contribution in [0.25, 0.3) is 10.9 Å². The molecule has 2 aliphatic heterocycles. The second-order valence-electron chi connectivity index (χ2n) is 6.32. The van der Waals surface area contributed by atoms with Crippen LogP contribution in [-0.2, 0) is 11.3 Å². The molecule has 0 aliphatic carbocycles. The number of carbonyl (C=O) groups excluding carboxylic acids is 1. The molecule has 0 saturated carbocycles. The highest BCUT2D eigenvalue weighted by atomic mass is 79.9. The molecule has 1 amide bonds. The summed E-state index contributed by atoms with van der Waals surface area (Å²) in [7, 11) is 0. The van der Waals surface area contributed by atoms with Crippen molar-refractivity contribution in [2.24, 2.45) is 0 Å². The van der Waals surface area contributed by atoms with Crippen molar-refractivity contribution in [3.05, 3.63) is 22.6 Å². The largest absolute Gasteiger partial charge is 0.408 e. The van der Waals surface area contributed by atoms with Crippen molar-refractivity contribution < 1.29 is 22.7 Å². The smallest absolute Gasteiger partial charge is 0.371 e. The van der Waals surface area contributed by atoms with E-state index < -0.39 is 12.7 Å². The fraction of sp³-hybridized carbons (Fsp3) is 0.533. The molecule has 134 valence electrons. The lowest BCUT2D eigenvalue weighted by molar-refractivity contribution is -0.141. The van der Waals surface area contributed by atoms with Crippen LogP contribution in [0.4, 0.5) is 13.2 Å². The summed E-state index contributed by atoms with van der Waals surface area (Å²) in [5.74, 6) is -0.294. The van der Waals surface area contributed by atoms with Crippen molar-refractivity contribution in [1.82, 2.24) is 19.7 Å². The van der Waals surface area contributed by atoms with Crippen molar-refractivity contribution in [1.29, 1.82) is 0 Å². The summed E-state index contributed by atoms with van der Waals surface area (Å²) in [6, 6.07) is 1.37. The summed E-state index contributed by atoms with van der Waals surface area (Å²) < 4.78 is 45.0. The Morgan fingerprint density at radius 2 is 2.00 bits per heavy atom. The molecular weight excluding hydrogens is 405 g/mol. The first-order valence-corrected chi connectivity index (χ1v) is 8.63. The van der Waals surface area contributed by atoms with Gasteiger partial charge >= 0.3 is 6.18 Å². The number of ether oxygens (including phenoxy) is 1. The van der Waals surface area contributed by atoms with E-state index in [-0.39, 0.29) is 33.9 Å². The Hall–Kier alpha value is -1.68. The predicted octanol–water partition coefficient (Wildman–Crippen LogP) is 2.76. The first-order valence-electron chi connectivity index (χ1n) is 7.84. The molecule has 6 nitrogen and oxygen atoms in total. The number of morpholine rings is 1. The Labute approximate surface area is 149 Å². The van der Waals surface area contributed by atoms with E-state index in [1.165, 1.54) is 12.3 Å². The van der Waals surface area contributed by atoms with Gasteiger partial charge in [-0.3, -0.25) is 14.5 Å². The number of fused-ring (bicyclic) bond motifs is 3. The summed E-state index contributed by atoms with van der Waals surface area (Å²) in [5.41, 5.74) is 0.336. The van der Waals surface area contributed by atoms with E-state index in [1.807, 2.05) is 0 Å². The van der Waals surface area contributed by atoms with Crippen LogP contribution in [0.15, 0.2) is 16.9 Å². The van der Waals surface area contributed by atoms with Gasteiger partial charge < -0.3 is 9.64 Å². The number of nitrogens with zero attached hydrogens (tertiary/aromatic N) is 4. The predicted molar refractivity (Wildman–Crippen MR) is 85.1 cm³/mol. The van der Waals surface area contributed by atoms with Gasteiger partial charge in [0.05, 0.1) is 23.1 Å². The number of amides is 1. The van der Waals surface area contributed by atoms with Crippen LogP contribution in [0.2, 0.25) is 0 Å². The molecule has 2 atom stereocenters. The van der Waals surface area contributed by atoms with Gasteiger partial charge in [-0.05, 0) is 34.8 Å². The zero-order valence-electron chi connectivity index (χ0n) is 13.0. The molecule has 2 aliphatic rings. The first-order chi connectivity index (χ1) is 11.8. The lowest BCUT2D eigenvalue weighted by Gasteiger charge is -2.31. The number of aromatic nitrogens is 3. The van der Waals surface area contributed by atoms with Gasteiger partial charge in [-0.15, -0.1) is 0 Å². The van der Waals surface area contributed by atoms with Gasteiger partial charge in [0.2, 0.25) is 0 Å². The number of hydrogen-bond acceptors (Lipinski definition) is 4. The number of pyridine rings is 1. The van der Waals surface area contributed by atoms with E-state index in [0.717, 1.165) is 17.5 Å². The molecule has 10 heteroatoms. The number of rotatable bonds is 2. The van der Waals surface area contributed by atoms with Gasteiger partial charge in [-0.1, -0.05) is 0 Å². The van der Waals surface area contributed by atoms with Crippen LogP contribution >= 0.6 is 15.9 Å². The zero-order valence-corrected chi connectivity index (χ0v) is 14.5. The molecule has 2 aromatic rings. The van der Waals surface area contributed by atoms with E-state index >= 15 is 0 Å². The SMILES string of the molecule is O=C(c1cc2c(cn1)c(Br)nn2CC(F)(F)F)N1CC2CCC(C1)O2. The third-order valence-corrected chi connectivity index (χ3v) is 5.06. The van der Waals surface area contributed by atoms with Crippen molar-refractivity contribution >= 4 is 32.7 Å². The molecule has 2 bridgehead atoms. The zero-order chi connectivity index (χ0) is 17.8. The molecule has 25 heavy (non-hydrogen) atoms. The average molecular weight is 419 g/mol. The first kappa shape index (κ1) is 16.8. The number of halogens is 4. The van der Waals surface area contributed by atoms with Gasteiger partial charge in [-0.25, -0.2) is 0 Å². The molecule has 2 saturated heterocycles. The average Bonchev–Trinajstić information content (AvgIpc) is 3.04. The van der Waals surface area contributed by atoms with E-state index in [0.29, 0.717) is 18.5 Å². The number of alkyl halides is 3. The maximum Gasteiger partial charge on any atom is 0.408 e. The fourth-order valence-electron chi connectivity index (χ4n) is 3.38. The highest BCUT2D eigenvalue weighted by molar-refractivity contribution is 9.10. The van der Waals surface area contributed by atoms with Crippen molar-refractivity contribution in [3.63, 3.8) is 0 Å². The van der Waals surface area contributed by atoms with Gasteiger partial charge in [-0.2, -0.15) is 18.3 Å². The maximum atomic E-state index is 12.7. The molecule has 0 radical (unpaired) electrons. The van der Waals surface area contributed by atoms with E-state index in [4.69, 9.17) is 4.74 Å². The number of hydrogen-bond donors (Lipinski definition) is 0. The van der Waals surface area contributed by atoms with Gasteiger partial charge in [0.1, 0.15) is 16.8 Å². The van der Waals surface area contributed by atoms with Crippen molar-refractivity contribution in [3.8, 4) is 0 Å². The second-order valence-corrected chi connectivity index (χ2v) is 7.07. The summed E-state index contributed by atoms with van der Waals surface area (Å²) in [5, 5.41) is 4.28. The van der Waals surface area contributed by atoms with Gasteiger partial charge in [0.25, 0.3) is 5.91 Å². The fourth-order valence-corrected chi connectivity index (χ4v) is 3.88. The van der Waals surface area contributed by atoms with Crippen LogP contribution in [0.1, 0.15) is 23.3 Å². The van der Waals surface area contributed by atoms with Crippen LogP contribution in [-0.4, -0.2) is 57.0 Å². The van der Waals surface area contributed by atoms with Crippen LogP contribution in [0, 0.1) is 0 Å². The standard InChI is InChI=1S/C15H14BrF3N4O2/c16-13-10-4-20-11(3-12(10)23(21-13)7-15(17,18)19)14(24)22-5-8-1-2-9(6-22)25-8/h3-4,8-9H,1-2,5-7H2. The van der Waals surface area contributed by atoms with Crippen LogP contribution < -0.4 is 0 Å². The number of carbonyl (C=O) groups is 1. The van der Waals surface area contributed by atoms with Crippen molar-refractivity contribution in [2.75, 3.05) is 13.1 Å². The Morgan fingerprint density at radius 3 is 2.64 bits per heavy atom. The highest BCUT2D eigenvalue weighted by Crippen LogP contribution is 2.29. The summed E-state index contributed by atoms with van der Waals surface area (Å²) >= 11 is 3.14. The topological polar surface area (TPSA) is 60.2 Å². The Kier molecular flexibility index (Phi) is 3.99. The molecule has 4 heterocycles. The lowest BCUT2D eigenvalue weighted by Crippen LogP contribution is -2.46. The Balaban J connectivity index is 1.66. The molecular formula is C15H14BrF3N4O2. The molecule has 0 spiro atoms. The monoisotopic (exact) mass is 418 g/mol. The normalized spacial score (nSPS) is 23.4. The van der Waals surface area contributed by atoms with Crippen LogP contribution in [0.3, 0.4) is 0 Å². The number of likely N-dealkylation sites (tertiary alicyclic amines) is 1. The molecule has 0 aromatic carbocycles. The van der Waals surface area contributed by atoms with Gasteiger partial charge in [0, 0.05) is 19.3 Å². The minimum absolute atomic E-state index is 0.0383. The Bertz CT molecular complexity index is 826. The van der Waals surface area contributed by atoms with E-state index in [2.05, 4.69) is 26.0 Å². The van der Waals surface area contributed by atoms with Crippen LogP contribution in [0.5, 0.6) is 0 Å². The molecule has 2 aromatic heterocycles. The molecule has 4 rings (SSSR count). The lowest BCUT2D eigenvalue weighted by atomic mass is 10.2. The Morgan fingerprint density at radius 1 is 1.32 bits per heavy atom.